The minimum atomic E-state index is 0.569. The van der Waals surface area contributed by atoms with E-state index in [0.717, 1.165) is 93.6 Å². The van der Waals surface area contributed by atoms with Gasteiger partial charge in [-0.3, -0.25) is 0 Å². The van der Waals surface area contributed by atoms with Crippen molar-refractivity contribution < 1.29 is 8.83 Å². The van der Waals surface area contributed by atoms with Crippen LogP contribution in [0.4, 0.5) is 0 Å². The Morgan fingerprint density at radius 2 is 0.889 bits per heavy atom. The van der Waals surface area contributed by atoms with Gasteiger partial charge < -0.3 is 8.83 Å². The fraction of sp³-hybridized carbons (Fsp3) is 0. The Morgan fingerprint density at radius 3 is 1.72 bits per heavy atom. The minimum Gasteiger partial charge on any atom is -0.456 e. The number of aromatic nitrogens is 3. The first-order valence-electron chi connectivity index (χ1n) is 18.0. The molecule has 54 heavy (non-hydrogen) atoms. The molecule has 252 valence electrons. The first-order valence-corrected chi connectivity index (χ1v) is 18.0. The van der Waals surface area contributed by atoms with Gasteiger partial charge in [-0.25, -0.2) is 15.0 Å². The summed E-state index contributed by atoms with van der Waals surface area (Å²) in [6.07, 6.45) is 0. The van der Waals surface area contributed by atoms with Crippen LogP contribution in [-0.2, 0) is 0 Å². The highest BCUT2D eigenvalue weighted by Crippen LogP contribution is 2.42. The van der Waals surface area contributed by atoms with Gasteiger partial charge in [0.25, 0.3) is 0 Å². The number of benzene rings is 8. The Bertz CT molecular complexity index is 3220. The highest BCUT2D eigenvalue weighted by Gasteiger charge is 2.21. The van der Waals surface area contributed by atoms with E-state index in [1.165, 1.54) is 0 Å². The van der Waals surface area contributed by atoms with Crippen LogP contribution in [0.2, 0.25) is 0 Å². The quantitative estimate of drug-likeness (QED) is 0.180. The lowest BCUT2D eigenvalue weighted by atomic mass is 9.98. The summed E-state index contributed by atoms with van der Waals surface area (Å²) in [5, 5.41) is 6.20. The van der Waals surface area contributed by atoms with E-state index in [4.69, 9.17) is 23.8 Å². The average molecular weight is 692 g/mol. The third-order valence-electron chi connectivity index (χ3n) is 10.3. The summed E-state index contributed by atoms with van der Waals surface area (Å²) in [5.74, 6) is 1.74. The van der Waals surface area contributed by atoms with Crippen LogP contribution in [0.15, 0.2) is 185 Å². The molecule has 0 radical (unpaired) electrons. The third kappa shape index (κ3) is 4.83. The van der Waals surface area contributed by atoms with E-state index < -0.39 is 0 Å². The highest BCUT2D eigenvalue weighted by atomic mass is 16.3. The number of nitrogens with zero attached hydrogens (tertiary/aromatic N) is 3. The Morgan fingerprint density at radius 1 is 0.315 bits per heavy atom. The SMILES string of the molecule is c1ccc(-c2cccc(-c3nc(-c4cccc5oc6c(-c7ccccc7)cccc6c45)nc(-c4cccc5ccc6oc7ccccc7c6c45)n3)c2)cc1. The maximum absolute atomic E-state index is 6.65. The zero-order valence-corrected chi connectivity index (χ0v) is 28.9. The van der Waals surface area contributed by atoms with Crippen molar-refractivity contribution in [2.24, 2.45) is 0 Å². The normalized spacial score (nSPS) is 11.7. The van der Waals surface area contributed by atoms with Crippen molar-refractivity contribution in [2.75, 3.05) is 0 Å². The van der Waals surface area contributed by atoms with Gasteiger partial charge in [0.05, 0.1) is 0 Å². The van der Waals surface area contributed by atoms with E-state index in [1.54, 1.807) is 0 Å². The first kappa shape index (κ1) is 30.3. The number of fused-ring (bicyclic) bond motifs is 8. The van der Waals surface area contributed by atoms with Gasteiger partial charge in [0, 0.05) is 49.2 Å². The molecule has 8 aromatic carbocycles. The standard InChI is InChI=1S/C49H29N3O2/c1-3-13-30(14-4-1)33-18-9-19-34(29-33)47-50-48(38-23-10-17-32-27-28-42-45(43(32)38)36-20-7-8-25-40(36)53-42)52-49(51-47)39-24-12-26-41-44(39)37-22-11-21-35(46(37)54-41)31-15-5-2-6-16-31/h1-29H. The molecule has 0 N–H and O–H groups in total. The number of rotatable bonds is 5. The molecule has 0 atom stereocenters. The second-order valence-electron chi connectivity index (χ2n) is 13.5. The first-order chi connectivity index (χ1) is 26.8. The summed E-state index contributed by atoms with van der Waals surface area (Å²) in [4.78, 5) is 15.8. The lowest BCUT2D eigenvalue weighted by Crippen LogP contribution is -2.01. The predicted octanol–water partition coefficient (Wildman–Crippen LogP) is 13.2. The van der Waals surface area contributed by atoms with Crippen molar-refractivity contribution in [3.63, 3.8) is 0 Å². The zero-order chi connectivity index (χ0) is 35.6. The predicted molar refractivity (Wildman–Crippen MR) is 219 cm³/mol. The molecule has 11 aromatic rings. The van der Waals surface area contributed by atoms with Crippen molar-refractivity contribution in [3.8, 4) is 56.4 Å². The van der Waals surface area contributed by atoms with Crippen LogP contribution in [0.1, 0.15) is 0 Å². The van der Waals surface area contributed by atoms with Crippen molar-refractivity contribution >= 4 is 54.6 Å². The van der Waals surface area contributed by atoms with Gasteiger partial charge >= 0.3 is 0 Å². The molecule has 0 fully saturated rings. The van der Waals surface area contributed by atoms with Gasteiger partial charge in [0.15, 0.2) is 17.5 Å². The lowest BCUT2D eigenvalue weighted by molar-refractivity contribution is 0.669. The highest BCUT2D eigenvalue weighted by molar-refractivity contribution is 6.22. The van der Waals surface area contributed by atoms with Crippen molar-refractivity contribution in [2.45, 2.75) is 0 Å². The third-order valence-corrected chi connectivity index (χ3v) is 10.3. The van der Waals surface area contributed by atoms with Crippen molar-refractivity contribution in [1.82, 2.24) is 15.0 Å². The number of hydrogen-bond acceptors (Lipinski definition) is 5. The summed E-state index contributed by atoms with van der Waals surface area (Å²) in [6, 6.07) is 60.2. The van der Waals surface area contributed by atoms with E-state index in [-0.39, 0.29) is 0 Å². The molecule has 0 aliphatic rings. The summed E-state index contributed by atoms with van der Waals surface area (Å²) in [7, 11) is 0. The van der Waals surface area contributed by atoms with E-state index in [1.807, 2.05) is 36.4 Å². The second-order valence-corrected chi connectivity index (χ2v) is 13.5. The van der Waals surface area contributed by atoms with Crippen LogP contribution in [0, 0.1) is 0 Å². The molecular formula is C49H29N3O2. The molecule has 0 aliphatic heterocycles. The van der Waals surface area contributed by atoms with Crippen LogP contribution >= 0.6 is 0 Å². The maximum Gasteiger partial charge on any atom is 0.164 e. The molecule has 0 saturated carbocycles. The lowest BCUT2D eigenvalue weighted by Gasteiger charge is -2.12. The number of para-hydroxylation sites is 2. The van der Waals surface area contributed by atoms with E-state index >= 15 is 0 Å². The van der Waals surface area contributed by atoms with Crippen LogP contribution in [-0.4, -0.2) is 15.0 Å². The molecule has 3 aromatic heterocycles. The molecule has 3 heterocycles. The smallest absolute Gasteiger partial charge is 0.164 e. The summed E-state index contributed by atoms with van der Waals surface area (Å²) >= 11 is 0. The van der Waals surface area contributed by atoms with Gasteiger partial charge in [-0.05, 0) is 46.3 Å². The zero-order valence-electron chi connectivity index (χ0n) is 28.9. The Kier molecular flexibility index (Phi) is 6.79. The molecule has 0 unspecified atom stereocenters. The molecule has 0 spiro atoms. The number of hydrogen-bond donors (Lipinski definition) is 0. The molecule has 0 bridgehead atoms. The monoisotopic (exact) mass is 691 g/mol. The van der Waals surface area contributed by atoms with Crippen molar-refractivity contribution in [3.05, 3.63) is 176 Å². The summed E-state index contributed by atoms with van der Waals surface area (Å²) in [5.41, 5.74) is 10.3. The minimum absolute atomic E-state index is 0.569. The molecule has 0 amide bonds. The van der Waals surface area contributed by atoms with Crippen LogP contribution in [0.3, 0.4) is 0 Å². The molecule has 5 nitrogen and oxygen atoms in total. The largest absolute Gasteiger partial charge is 0.456 e. The summed E-state index contributed by atoms with van der Waals surface area (Å²) < 4.78 is 13.0. The molecule has 5 heteroatoms. The number of furan rings is 2. The van der Waals surface area contributed by atoms with Gasteiger partial charge in [0.1, 0.15) is 22.3 Å². The molecule has 0 aliphatic carbocycles. The molecular weight excluding hydrogens is 663 g/mol. The second kappa shape index (κ2) is 12.1. The van der Waals surface area contributed by atoms with Crippen LogP contribution in [0.25, 0.3) is 111 Å². The van der Waals surface area contributed by atoms with Crippen LogP contribution in [0.5, 0.6) is 0 Å². The summed E-state index contributed by atoms with van der Waals surface area (Å²) in [6.45, 7) is 0. The van der Waals surface area contributed by atoms with Crippen molar-refractivity contribution in [1.29, 1.82) is 0 Å². The van der Waals surface area contributed by atoms with Gasteiger partial charge in [0.2, 0.25) is 0 Å². The van der Waals surface area contributed by atoms with E-state index in [2.05, 4.69) is 140 Å². The van der Waals surface area contributed by atoms with E-state index in [9.17, 15) is 0 Å². The fourth-order valence-corrected chi connectivity index (χ4v) is 7.87. The van der Waals surface area contributed by atoms with Gasteiger partial charge in [-0.15, -0.1) is 0 Å². The Balaban J connectivity index is 1.20. The average Bonchev–Trinajstić information content (AvgIpc) is 3.83. The maximum atomic E-state index is 6.65. The Hall–Kier alpha value is -7.37. The Labute approximate surface area is 309 Å². The fourth-order valence-electron chi connectivity index (χ4n) is 7.87. The topological polar surface area (TPSA) is 65.0 Å². The van der Waals surface area contributed by atoms with Gasteiger partial charge in [-0.1, -0.05) is 152 Å². The molecule has 0 saturated heterocycles. The van der Waals surface area contributed by atoms with E-state index in [0.29, 0.717) is 17.5 Å². The van der Waals surface area contributed by atoms with Crippen LogP contribution < -0.4 is 0 Å². The molecule has 11 rings (SSSR count). The van der Waals surface area contributed by atoms with Gasteiger partial charge in [-0.2, -0.15) is 0 Å².